The molecule has 6 nitrogen and oxygen atoms in total. The minimum absolute atomic E-state index is 0.193. The van der Waals surface area contributed by atoms with Gasteiger partial charge in [0, 0.05) is 14.1 Å². The van der Waals surface area contributed by atoms with E-state index in [4.69, 9.17) is 11.6 Å². The maximum absolute atomic E-state index is 12.5. The molecule has 0 saturated carbocycles. The smallest absolute Gasteiger partial charge is 0.304 e. The van der Waals surface area contributed by atoms with Gasteiger partial charge in [-0.1, -0.05) is 23.8 Å². The lowest BCUT2D eigenvalue weighted by atomic mass is 10.1. The van der Waals surface area contributed by atoms with E-state index in [1.165, 1.54) is 17.2 Å². The molecule has 2 heterocycles. The molecule has 0 bridgehead atoms. The van der Waals surface area contributed by atoms with Crippen LogP contribution in [-0.2, 0) is 20.6 Å². The third kappa shape index (κ3) is 2.39. The number of imidazole rings is 1. The molecule has 0 N–H and O–H groups in total. The minimum atomic E-state index is -0.421. The highest BCUT2D eigenvalue weighted by Gasteiger charge is 2.18. The quantitative estimate of drug-likeness (QED) is 0.672. The predicted molar refractivity (Wildman–Crippen MR) is 90.2 cm³/mol. The average Bonchev–Trinajstić information content (AvgIpc) is 2.83. The van der Waals surface area contributed by atoms with Gasteiger partial charge in [-0.05, 0) is 36.6 Å². The highest BCUT2D eigenvalue weighted by Crippen LogP contribution is 2.19. The fourth-order valence-corrected chi connectivity index (χ4v) is 2.98. The summed E-state index contributed by atoms with van der Waals surface area (Å²) in [5.41, 5.74) is 3.15. The zero-order valence-corrected chi connectivity index (χ0v) is 14.2. The second-order valence-corrected chi connectivity index (χ2v) is 6.11. The molecule has 0 radical (unpaired) electrons. The number of nitrogens with zero attached hydrogens (tertiary/aromatic N) is 4. The zero-order valence-electron chi connectivity index (χ0n) is 13.4. The molecule has 0 fully saturated rings. The number of hydrogen-bond acceptors (Lipinski definition) is 3. The van der Waals surface area contributed by atoms with Crippen LogP contribution in [0.4, 0.5) is 0 Å². The molecule has 0 aliphatic heterocycles. The third-order valence-corrected chi connectivity index (χ3v) is 4.42. The lowest BCUT2D eigenvalue weighted by Gasteiger charge is -2.10. The number of aryl methyl sites for hydroxylation is 3. The van der Waals surface area contributed by atoms with Gasteiger partial charge in [0.05, 0.1) is 6.54 Å². The fraction of sp³-hybridized carbons (Fsp3) is 0.312. The van der Waals surface area contributed by atoms with Crippen molar-refractivity contribution in [1.29, 1.82) is 0 Å². The first-order valence-corrected chi connectivity index (χ1v) is 7.57. The molecule has 0 aliphatic carbocycles. The molecule has 2 aromatic heterocycles. The van der Waals surface area contributed by atoms with Gasteiger partial charge in [-0.3, -0.25) is 13.9 Å². The van der Waals surface area contributed by atoms with Gasteiger partial charge >= 0.3 is 5.69 Å². The van der Waals surface area contributed by atoms with Gasteiger partial charge in [-0.15, -0.1) is 0 Å². The Labute approximate surface area is 137 Å². The highest BCUT2D eigenvalue weighted by molar-refractivity contribution is 6.29. The molecule has 0 aliphatic rings. The van der Waals surface area contributed by atoms with Crippen molar-refractivity contribution in [3.8, 4) is 0 Å². The standard InChI is InChI=1S/C16H17ClN4O2/c1-9-5-6-11(10(2)7-9)8-21-12-13(18-15(21)17)19(3)16(23)20(4)14(12)22/h5-7H,8H2,1-4H3. The largest absolute Gasteiger partial charge is 0.332 e. The molecule has 0 unspecified atom stereocenters. The van der Waals surface area contributed by atoms with Gasteiger partial charge in [0.2, 0.25) is 5.28 Å². The van der Waals surface area contributed by atoms with Crippen LogP contribution in [0.3, 0.4) is 0 Å². The van der Waals surface area contributed by atoms with E-state index in [1.807, 2.05) is 26.0 Å². The molecule has 0 atom stereocenters. The maximum atomic E-state index is 12.5. The number of hydrogen-bond donors (Lipinski definition) is 0. The maximum Gasteiger partial charge on any atom is 0.332 e. The molecular formula is C16H17ClN4O2. The van der Waals surface area contributed by atoms with Gasteiger partial charge in [0.15, 0.2) is 11.2 Å². The Kier molecular flexibility index (Phi) is 3.64. The summed E-state index contributed by atoms with van der Waals surface area (Å²) in [6.07, 6.45) is 0. The Morgan fingerprint density at radius 3 is 2.48 bits per heavy atom. The predicted octanol–water partition coefficient (Wildman–Crippen LogP) is 1.75. The van der Waals surface area contributed by atoms with Crippen LogP contribution >= 0.6 is 11.6 Å². The fourth-order valence-electron chi connectivity index (χ4n) is 2.76. The Morgan fingerprint density at radius 1 is 1.13 bits per heavy atom. The lowest BCUT2D eigenvalue weighted by molar-refractivity contribution is 0.702. The van der Waals surface area contributed by atoms with Crippen LogP contribution in [0.2, 0.25) is 5.28 Å². The number of benzene rings is 1. The molecule has 3 aromatic rings. The van der Waals surface area contributed by atoms with E-state index in [0.717, 1.165) is 15.7 Å². The molecule has 120 valence electrons. The Bertz CT molecular complexity index is 1040. The summed E-state index contributed by atoms with van der Waals surface area (Å²) < 4.78 is 4.05. The van der Waals surface area contributed by atoms with Crippen molar-refractivity contribution < 1.29 is 0 Å². The van der Waals surface area contributed by atoms with Crippen LogP contribution < -0.4 is 11.2 Å². The van der Waals surface area contributed by atoms with E-state index in [-0.39, 0.29) is 5.28 Å². The SMILES string of the molecule is Cc1ccc(Cn2c(Cl)nc3c2c(=O)n(C)c(=O)n3C)c(C)c1. The van der Waals surface area contributed by atoms with E-state index in [0.29, 0.717) is 17.7 Å². The van der Waals surface area contributed by atoms with Crippen LogP contribution in [-0.4, -0.2) is 18.7 Å². The van der Waals surface area contributed by atoms with Gasteiger partial charge in [-0.25, -0.2) is 4.79 Å². The Balaban J connectivity index is 2.28. The van der Waals surface area contributed by atoms with Crippen molar-refractivity contribution in [3.05, 3.63) is 61.0 Å². The number of halogens is 1. The molecule has 0 spiro atoms. The molecule has 23 heavy (non-hydrogen) atoms. The molecule has 0 amide bonds. The van der Waals surface area contributed by atoms with Crippen LogP contribution in [0, 0.1) is 13.8 Å². The topological polar surface area (TPSA) is 61.8 Å². The summed E-state index contributed by atoms with van der Waals surface area (Å²) in [5, 5.41) is 0.193. The first-order valence-electron chi connectivity index (χ1n) is 7.19. The van der Waals surface area contributed by atoms with E-state index in [9.17, 15) is 9.59 Å². The highest BCUT2D eigenvalue weighted by atomic mass is 35.5. The van der Waals surface area contributed by atoms with Gasteiger partial charge in [0.1, 0.15) is 0 Å². The summed E-state index contributed by atoms with van der Waals surface area (Å²) in [4.78, 5) is 28.7. The molecule has 3 rings (SSSR count). The number of rotatable bonds is 2. The van der Waals surface area contributed by atoms with Gasteiger partial charge in [-0.2, -0.15) is 4.98 Å². The molecule has 1 aromatic carbocycles. The summed E-state index contributed by atoms with van der Waals surface area (Å²) >= 11 is 6.24. The van der Waals surface area contributed by atoms with E-state index < -0.39 is 11.2 Å². The van der Waals surface area contributed by atoms with Crippen molar-refractivity contribution in [1.82, 2.24) is 18.7 Å². The monoisotopic (exact) mass is 332 g/mol. The van der Waals surface area contributed by atoms with Crippen molar-refractivity contribution in [2.75, 3.05) is 0 Å². The third-order valence-electron chi connectivity index (χ3n) is 4.13. The molecule has 0 saturated heterocycles. The van der Waals surface area contributed by atoms with E-state index in [1.54, 1.807) is 11.6 Å². The molecular weight excluding hydrogens is 316 g/mol. The second kappa shape index (κ2) is 5.38. The number of aromatic nitrogens is 4. The van der Waals surface area contributed by atoms with Crippen molar-refractivity contribution in [3.63, 3.8) is 0 Å². The van der Waals surface area contributed by atoms with Gasteiger partial charge in [0.25, 0.3) is 5.56 Å². The van der Waals surface area contributed by atoms with Crippen LogP contribution in [0.5, 0.6) is 0 Å². The number of fused-ring (bicyclic) bond motifs is 1. The summed E-state index contributed by atoms with van der Waals surface area (Å²) in [5.74, 6) is 0. The zero-order chi connectivity index (χ0) is 16.9. The Hall–Kier alpha value is -2.34. The van der Waals surface area contributed by atoms with Crippen molar-refractivity contribution in [2.45, 2.75) is 20.4 Å². The minimum Gasteiger partial charge on any atom is -0.304 e. The first-order chi connectivity index (χ1) is 10.8. The lowest BCUT2D eigenvalue weighted by Crippen LogP contribution is -2.37. The van der Waals surface area contributed by atoms with E-state index in [2.05, 4.69) is 11.1 Å². The van der Waals surface area contributed by atoms with Crippen LogP contribution in [0.25, 0.3) is 11.2 Å². The average molecular weight is 333 g/mol. The van der Waals surface area contributed by atoms with Crippen molar-refractivity contribution in [2.24, 2.45) is 14.1 Å². The Morgan fingerprint density at radius 2 is 1.83 bits per heavy atom. The second-order valence-electron chi connectivity index (χ2n) is 5.77. The van der Waals surface area contributed by atoms with Crippen LogP contribution in [0.15, 0.2) is 27.8 Å². The molecule has 7 heteroatoms. The van der Waals surface area contributed by atoms with Gasteiger partial charge < -0.3 is 4.57 Å². The normalized spacial score (nSPS) is 11.3. The summed E-state index contributed by atoms with van der Waals surface area (Å²) in [6, 6.07) is 6.11. The van der Waals surface area contributed by atoms with E-state index >= 15 is 0 Å². The van der Waals surface area contributed by atoms with Crippen molar-refractivity contribution >= 4 is 22.8 Å². The summed E-state index contributed by atoms with van der Waals surface area (Å²) in [6.45, 7) is 4.47. The van der Waals surface area contributed by atoms with Crippen LogP contribution in [0.1, 0.15) is 16.7 Å². The first kappa shape index (κ1) is 15.6. The summed E-state index contributed by atoms with van der Waals surface area (Å²) in [7, 11) is 3.03.